The highest BCUT2D eigenvalue weighted by molar-refractivity contribution is 6.30. The Balaban J connectivity index is 1.31. The summed E-state index contributed by atoms with van der Waals surface area (Å²) in [5.41, 5.74) is 3.28. The van der Waals surface area contributed by atoms with Gasteiger partial charge >= 0.3 is 0 Å². The fourth-order valence-corrected chi connectivity index (χ4v) is 4.95. The summed E-state index contributed by atoms with van der Waals surface area (Å²) in [5.74, 6) is 6.91. The van der Waals surface area contributed by atoms with E-state index in [4.69, 9.17) is 16.6 Å². The first kappa shape index (κ1) is 25.0. The minimum Gasteiger partial charge on any atom is -0.341 e. The predicted octanol–water partition coefficient (Wildman–Crippen LogP) is 4.67. The standard InChI is InChI=1S/C30H30ClN5O/c1-2-36-28(37)20-24(12-11-23-9-6-10-25(31)19-23)27-21-33-30(34-29(27)36)35-17-14-26(15-18-35)32-16-13-22-7-4-3-5-8-22/h3-10,19-21,26,32H,2,13-18H2,1H3. The summed E-state index contributed by atoms with van der Waals surface area (Å²) < 4.78 is 1.68. The smallest absolute Gasteiger partial charge is 0.253 e. The van der Waals surface area contributed by atoms with E-state index in [0.29, 0.717) is 34.8 Å². The van der Waals surface area contributed by atoms with E-state index in [2.05, 4.69) is 57.4 Å². The number of hydrogen-bond acceptors (Lipinski definition) is 5. The van der Waals surface area contributed by atoms with Crippen LogP contribution in [0, 0.1) is 11.8 Å². The molecule has 0 amide bonds. The molecule has 3 heterocycles. The first-order valence-electron chi connectivity index (χ1n) is 12.8. The topological polar surface area (TPSA) is 63.1 Å². The lowest BCUT2D eigenvalue weighted by molar-refractivity contribution is 0.415. The lowest BCUT2D eigenvalue weighted by Crippen LogP contribution is -2.43. The summed E-state index contributed by atoms with van der Waals surface area (Å²) in [6, 6.07) is 20.0. The Morgan fingerprint density at radius 1 is 1.05 bits per heavy atom. The summed E-state index contributed by atoms with van der Waals surface area (Å²) in [6.07, 6.45) is 4.89. The van der Waals surface area contributed by atoms with E-state index in [1.54, 1.807) is 22.9 Å². The maximum atomic E-state index is 12.9. The van der Waals surface area contributed by atoms with E-state index in [0.717, 1.165) is 49.8 Å². The molecule has 5 rings (SSSR count). The zero-order chi connectivity index (χ0) is 25.6. The first-order valence-corrected chi connectivity index (χ1v) is 13.2. The monoisotopic (exact) mass is 511 g/mol. The molecule has 188 valence electrons. The Morgan fingerprint density at radius 3 is 2.62 bits per heavy atom. The van der Waals surface area contributed by atoms with Crippen molar-refractivity contribution >= 4 is 28.6 Å². The highest BCUT2D eigenvalue weighted by Crippen LogP contribution is 2.21. The molecule has 1 fully saturated rings. The molecule has 0 aliphatic carbocycles. The van der Waals surface area contributed by atoms with Gasteiger partial charge in [0.05, 0.1) is 5.39 Å². The van der Waals surface area contributed by atoms with Gasteiger partial charge in [0, 0.05) is 54.1 Å². The maximum absolute atomic E-state index is 12.9. The van der Waals surface area contributed by atoms with E-state index in [1.807, 2.05) is 25.1 Å². The summed E-state index contributed by atoms with van der Waals surface area (Å²) in [5, 5.41) is 5.10. The van der Waals surface area contributed by atoms with Gasteiger partial charge < -0.3 is 10.2 Å². The average Bonchev–Trinajstić information content (AvgIpc) is 2.92. The van der Waals surface area contributed by atoms with Crippen LogP contribution in [0.4, 0.5) is 5.95 Å². The van der Waals surface area contributed by atoms with Crippen molar-refractivity contribution in [3.05, 3.63) is 98.9 Å². The fraction of sp³-hybridized carbons (Fsp3) is 0.300. The number of pyridine rings is 1. The van der Waals surface area contributed by atoms with Gasteiger partial charge in [0.15, 0.2) is 0 Å². The van der Waals surface area contributed by atoms with Crippen LogP contribution >= 0.6 is 11.6 Å². The van der Waals surface area contributed by atoms with Gasteiger partial charge in [-0.25, -0.2) is 4.98 Å². The number of rotatable bonds is 6. The van der Waals surface area contributed by atoms with Crippen LogP contribution in [0.5, 0.6) is 0 Å². The number of aromatic nitrogens is 3. The molecule has 4 aromatic rings. The number of piperidine rings is 1. The third-order valence-corrected chi connectivity index (χ3v) is 7.02. The highest BCUT2D eigenvalue weighted by atomic mass is 35.5. The predicted molar refractivity (Wildman–Crippen MR) is 150 cm³/mol. The Bertz CT molecular complexity index is 1500. The summed E-state index contributed by atoms with van der Waals surface area (Å²) in [4.78, 5) is 24.6. The van der Waals surface area contributed by atoms with Crippen LogP contribution in [0.25, 0.3) is 11.0 Å². The second-order valence-electron chi connectivity index (χ2n) is 9.26. The Labute approximate surface area is 222 Å². The third kappa shape index (κ3) is 6.02. The zero-order valence-corrected chi connectivity index (χ0v) is 21.7. The van der Waals surface area contributed by atoms with Crippen molar-refractivity contribution in [3.63, 3.8) is 0 Å². The van der Waals surface area contributed by atoms with Gasteiger partial charge in [0.2, 0.25) is 5.95 Å². The molecule has 0 atom stereocenters. The highest BCUT2D eigenvalue weighted by Gasteiger charge is 2.21. The number of halogens is 1. The number of benzene rings is 2. The number of anilines is 1. The minimum atomic E-state index is -0.114. The molecule has 0 saturated carbocycles. The second kappa shape index (κ2) is 11.6. The minimum absolute atomic E-state index is 0.114. The molecule has 1 aliphatic rings. The van der Waals surface area contributed by atoms with Gasteiger partial charge in [-0.2, -0.15) is 4.98 Å². The van der Waals surface area contributed by atoms with Crippen molar-refractivity contribution in [1.29, 1.82) is 0 Å². The number of fused-ring (bicyclic) bond motifs is 1. The van der Waals surface area contributed by atoms with Crippen molar-refractivity contribution in [2.24, 2.45) is 0 Å². The summed E-state index contributed by atoms with van der Waals surface area (Å²) in [7, 11) is 0. The van der Waals surface area contributed by atoms with Crippen LogP contribution in [0.2, 0.25) is 5.02 Å². The number of nitrogens with one attached hydrogen (secondary N) is 1. The fourth-order valence-electron chi connectivity index (χ4n) is 4.76. The van der Waals surface area contributed by atoms with Gasteiger partial charge in [-0.05, 0) is 56.5 Å². The Hall–Kier alpha value is -3.66. The molecule has 2 aromatic carbocycles. The van der Waals surface area contributed by atoms with Gasteiger partial charge in [-0.1, -0.05) is 59.8 Å². The molecule has 6 nitrogen and oxygen atoms in total. The van der Waals surface area contributed by atoms with E-state index in [1.165, 1.54) is 5.56 Å². The van der Waals surface area contributed by atoms with Crippen molar-refractivity contribution < 1.29 is 0 Å². The molecule has 1 saturated heterocycles. The van der Waals surface area contributed by atoms with Crippen LogP contribution in [0.15, 0.2) is 71.7 Å². The molecular weight excluding hydrogens is 482 g/mol. The lowest BCUT2D eigenvalue weighted by atomic mass is 10.0. The molecule has 1 aliphatic heterocycles. The van der Waals surface area contributed by atoms with Crippen LogP contribution in [0.1, 0.15) is 36.5 Å². The van der Waals surface area contributed by atoms with Crippen LogP contribution in [-0.4, -0.2) is 40.2 Å². The van der Waals surface area contributed by atoms with E-state index in [9.17, 15) is 4.79 Å². The molecule has 37 heavy (non-hydrogen) atoms. The molecule has 0 bridgehead atoms. The molecule has 0 unspecified atom stereocenters. The largest absolute Gasteiger partial charge is 0.341 e. The number of nitrogens with zero attached hydrogens (tertiary/aromatic N) is 4. The van der Waals surface area contributed by atoms with Crippen LogP contribution in [0.3, 0.4) is 0 Å². The molecule has 2 aromatic heterocycles. The average molecular weight is 512 g/mol. The van der Waals surface area contributed by atoms with E-state index >= 15 is 0 Å². The van der Waals surface area contributed by atoms with Crippen molar-refractivity contribution in [2.45, 2.75) is 38.8 Å². The van der Waals surface area contributed by atoms with Crippen molar-refractivity contribution in [1.82, 2.24) is 19.9 Å². The SMILES string of the molecule is CCn1c(=O)cc(C#Cc2cccc(Cl)c2)c2cnc(N3CCC(NCCc4ccccc4)CC3)nc21. The van der Waals surface area contributed by atoms with E-state index < -0.39 is 0 Å². The number of aryl methyl sites for hydroxylation is 1. The van der Waals surface area contributed by atoms with E-state index in [-0.39, 0.29) is 5.56 Å². The summed E-state index contributed by atoms with van der Waals surface area (Å²) >= 11 is 6.09. The Kier molecular flexibility index (Phi) is 7.84. The van der Waals surface area contributed by atoms with Gasteiger partial charge in [0.25, 0.3) is 5.56 Å². The quantitative estimate of drug-likeness (QED) is 0.381. The zero-order valence-electron chi connectivity index (χ0n) is 21.0. The van der Waals surface area contributed by atoms with Crippen LogP contribution in [-0.2, 0) is 13.0 Å². The van der Waals surface area contributed by atoms with Crippen molar-refractivity contribution in [2.75, 3.05) is 24.5 Å². The third-order valence-electron chi connectivity index (χ3n) is 6.79. The Morgan fingerprint density at radius 2 is 1.86 bits per heavy atom. The van der Waals surface area contributed by atoms with Gasteiger partial charge in [-0.15, -0.1) is 0 Å². The summed E-state index contributed by atoms with van der Waals surface area (Å²) in [6.45, 7) is 5.20. The van der Waals surface area contributed by atoms with Gasteiger partial charge in [0.1, 0.15) is 5.65 Å². The molecule has 0 radical (unpaired) electrons. The van der Waals surface area contributed by atoms with Crippen LogP contribution < -0.4 is 15.8 Å². The molecule has 0 spiro atoms. The van der Waals surface area contributed by atoms with Crippen molar-refractivity contribution in [3.8, 4) is 11.8 Å². The number of hydrogen-bond donors (Lipinski definition) is 1. The first-order chi connectivity index (χ1) is 18.1. The molecule has 1 N–H and O–H groups in total. The van der Waals surface area contributed by atoms with Gasteiger partial charge in [-0.3, -0.25) is 9.36 Å². The second-order valence-corrected chi connectivity index (χ2v) is 9.70. The molecular formula is C30H30ClN5O. The normalized spacial score (nSPS) is 13.9. The lowest BCUT2D eigenvalue weighted by Gasteiger charge is -2.32. The maximum Gasteiger partial charge on any atom is 0.253 e. The molecule has 7 heteroatoms.